The first kappa shape index (κ1) is 13.4. The van der Waals surface area contributed by atoms with E-state index in [1.54, 1.807) is 6.07 Å². The maximum Gasteiger partial charge on any atom is 0.193 e. The van der Waals surface area contributed by atoms with Crippen LogP contribution in [0.3, 0.4) is 0 Å². The van der Waals surface area contributed by atoms with Crippen molar-refractivity contribution in [3.05, 3.63) is 64.3 Å². The third kappa shape index (κ3) is 2.55. The van der Waals surface area contributed by atoms with Crippen molar-refractivity contribution in [3.8, 4) is 17.1 Å². The lowest BCUT2D eigenvalue weighted by Crippen LogP contribution is -2.00. The molecule has 1 heterocycles. The highest BCUT2D eigenvalue weighted by atomic mass is 16.3. The van der Waals surface area contributed by atoms with E-state index in [9.17, 15) is 9.90 Å². The van der Waals surface area contributed by atoms with Crippen LogP contribution in [0.5, 0.6) is 5.75 Å². The van der Waals surface area contributed by atoms with Crippen molar-refractivity contribution in [2.24, 2.45) is 0 Å². The van der Waals surface area contributed by atoms with Crippen LogP contribution in [0.2, 0.25) is 0 Å². The predicted octanol–water partition coefficient (Wildman–Crippen LogP) is 4.29. The maximum atomic E-state index is 12.1. The molecule has 0 aliphatic heterocycles. The zero-order valence-electron chi connectivity index (χ0n) is 12.0. The zero-order chi connectivity index (χ0) is 15.0. The van der Waals surface area contributed by atoms with Crippen molar-refractivity contribution in [2.45, 2.75) is 19.8 Å². The fourth-order valence-corrected chi connectivity index (χ4v) is 2.32. The lowest BCUT2D eigenvalue weighted by Gasteiger charge is -2.07. The Kier molecular flexibility index (Phi) is 3.26. The molecule has 0 aliphatic carbocycles. The summed E-state index contributed by atoms with van der Waals surface area (Å²) in [5.74, 6) is 1.05. The second kappa shape index (κ2) is 5.09. The van der Waals surface area contributed by atoms with Gasteiger partial charge in [-0.3, -0.25) is 4.79 Å². The topological polar surface area (TPSA) is 50.4 Å². The van der Waals surface area contributed by atoms with Gasteiger partial charge in [-0.2, -0.15) is 0 Å². The summed E-state index contributed by atoms with van der Waals surface area (Å²) >= 11 is 0. The third-order valence-corrected chi connectivity index (χ3v) is 3.57. The first-order chi connectivity index (χ1) is 10.0. The number of benzene rings is 2. The van der Waals surface area contributed by atoms with E-state index < -0.39 is 0 Å². The molecule has 0 fully saturated rings. The van der Waals surface area contributed by atoms with Crippen LogP contribution in [0.4, 0.5) is 0 Å². The van der Waals surface area contributed by atoms with Crippen molar-refractivity contribution < 1.29 is 9.52 Å². The fraction of sp³-hybridized carbons (Fsp3) is 0.167. The number of phenolic OH excluding ortho intramolecular Hbond substituents is 1. The number of hydrogen-bond acceptors (Lipinski definition) is 3. The summed E-state index contributed by atoms with van der Waals surface area (Å²) in [6, 6.07) is 14.0. The molecule has 0 radical (unpaired) electrons. The molecule has 3 heteroatoms. The number of rotatable bonds is 2. The molecule has 0 atom stereocenters. The summed E-state index contributed by atoms with van der Waals surface area (Å²) in [7, 11) is 0. The molecule has 2 aromatic carbocycles. The van der Waals surface area contributed by atoms with Crippen LogP contribution >= 0.6 is 0 Å². The van der Waals surface area contributed by atoms with Crippen LogP contribution in [0, 0.1) is 0 Å². The molecule has 0 saturated heterocycles. The highest BCUT2D eigenvalue weighted by Gasteiger charge is 2.08. The second-order valence-corrected chi connectivity index (χ2v) is 5.43. The molecule has 0 saturated carbocycles. The molecule has 1 aromatic heterocycles. The van der Waals surface area contributed by atoms with Crippen LogP contribution in [-0.4, -0.2) is 5.11 Å². The molecule has 3 aromatic rings. The lowest BCUT2D eigenvalue weighted by atomic mass is 10.0. The van der Waals surface area contributed by atoms with E-state index in [-0.39, 0.29) is 11.2 Å². The standard InChI is InChI=1S/C18H16O3/c1-11(2)12-3-5-13(6-4-12)17-10-16(20)15-8-7-14(19)9-18(15)21-17/h3-11,19H,1-2H3. The molecule has 3 rings (SSSR count). The largest absolute Gasteiger partial charge is 0.508 e. The number of aromatic hydroxyl groups is 1. The number of phenols is 1. The van der Waals surface area contributed by atoms with Gasteiger partial charge in [0.05, 0.1) is 5.39 Å². The smallest absolute Gasteiger partial charge is 0.193 e. The van der Waals surface area contributed by atoms with Gasteiger partial charge in [0.15, 0.2) is 5.43 Å². The summed E-state index contributed by atoms with van der Waals surface area (Å²) in [5, 5.41) is 9.99. The predicted molar refractivity (Wildman–Crippen MR) is 83.7 cm³/mol. The minimum atomic E-state index is -0.112. The molecule has 3 nitrogen and oxygen atoms in total. The molecule has 106 valence electrons. The number of fused-ring (bicyclic) bond motifs is 1. The summed E-state index contributed by atoms with van der Waals surface area (Å²) < 4.78 is 5.75. The van der Waals surface area contributed by atoms with Crippen molar-refractivity contribution in [3.63, 3.8) is 0 Å². The minimum Gasteiger partial charge on any atom is -0.508 e. The molecule has 21 heavy (non-hydrogen) atoms. The van der Waals surface area contributed by atoms with Crippen LogP contribution in [0.1, 0.15) is 25.3 Å². The van der Waals surface area contributed by atoms with Crippen LogP contribution < -0.4 is 5.43 Å². The van der Waals surface area contributed by atoms with Gasteiger partial charge in [0, 0.05) is 17.7 Å². The van der Waals surface area contributed by atoms with Crippen molar-refractivity contribution >= 4 is 11.0 Å². The summed E-state index contributed by atoms with van der Waals surface area (Å²) in [6.07, 6.45) is 0. The van der Waals surface area contributed by atoms with Gasteiger partial charge in [0.25, 0.3) is 0 Å². The van der Waals surface area contributed by atoms with Gasteiger partial charge >= 0.3 is 0 Å². The number of hydrogen-bond donors (Lipinski definition) is 1. The Labute approximate surface area is 122 Å². The first-order valence-corrected chi connectivity index (χ1v) is 6.92. The van der Waals surface area contributed by atoms with E-state index in [4.69, 9.17) is 4.42 Å². The van der Waals surface area contributed by atoms with E-state index in [1.807, 2.05) is 24.3 Å². The molecule has 0 unspecified atom stereocenters. The van der Waals surface area contributed by atoms with Crippen LogP contribution in [0.25, 0.3) is 22.3 Å². The van der Waals surface area contributed by atoms with E-state index >= 15 is 0 Å². The van der Waals surface area contributed by atoms with Gasteiger partial charge in [-0.1, -0.05) is 38.1 Å². The highest BCUT2D eigenvalue weighted by molar-refractivity contribution is 5.79. The normalized spacial score (nSPS) is 11.2. The Hall–Kier alpha value is -2.55. The van der Waals surface area contributed by atoms with Gasteiger partial charge < -0.3 is 9.52 Å². The molecule has 0 bridgehead atoms. The molecular formula is C18H16O3. The molecule has 1 N–H and O–H groups in total. The van der Waals surface area contributed by atoms with Crippen LogP contribution in [0.15, 0.2) is 57.7 Å². The van der Waals surface area contributed by atoms with E-state index in [1.165, 1.54) is 23.8 Å². The van der Waals surface area contributed by atoms with E-state index in [2.05, 4.69) is 13.8 Å². The molecule has 0 amide bonds. The van der Waals surface area contributed by atoms with Crippen molar-refractivity contribution in [1.82, 2.24) is 0 Å². The molecule has 0 spiro atoms. The van der Waals surface area contributed by atoms with Crippen LogP contribution in [-0.2, 0) is 0 Å². The Morgan fingerprint density at radius 3 is 2.38 bits per heavy atom. The van der Waals surface area contributed by atoms with E-state index in [0.29, 0.717) is 22.6 Å². The second-order valence-electron chi connectivity index (χ2n) is 5.43. The van der Waals surface area contributed by atoms with Crippen molar-refractivity contribution in [2.75, 3.05) is 0 Å². The average molecular weight is 280 g/mol. The van der Waals surface area contributed by atoms with Gasteiger partial charge in [-0.15, -0.1) is 0 Å². The summed E-state index contributed by atoms with van der Waals surface area (Å²) in [4.78, 5) is 12.1. The summed E-state index contributed by atoms with van der Waals surface area (Å²) in [6.45, 7) is 4.27. The van der Waals surface area contributed by atoms with Gasteiger partial charge in [-0.05, 0) is 23.6 Å². The zero-order valence-corrected chi connectivity index (χ0v) is 12.0. The average Bonchev–Trinajstić information content (AvgIpc) is 2.46. The van der Waals surface area contributed by atoms with Crippen molar-refractivity contribution in [1.29, 1.82) is 0 Å². The third-order valence-electron chi connectivity index (χ3n) is 3.57. The Morgan fingerprint density at radius 2 is 1.71 bits per heavy atom. The Morgan fingerprint density at radius 1 is 1.00 bits per heavy atom. The first-order valence-electron chi connectivity index (χ1n) is 6.92. The monoisotopic (exact) mass is 280 g/mol. The fourth-order valence-electron chi connectivity index (χ4n) is 2.32. The Balaban J connectivity index is 2.14. The molecular weight excluding hydrogens is 264 g/mol. The lowest BCUT2D eigenvalue weighted by molar-refractivity contribution is 0.474. The van der Waals surface area contributed by atoms with Gasteiger partial charge in [0.1, 0.15) is 17.1 Å². The SMILES string of the molecule is CC(C)c1ccc(-c2cc(=O)c3ccc(O)cc3o2)cc1. The Bertz CT molecular complexity index is 842. The van der Waals surface area contributed by atoms with Gasteiger partial charge in [0.2, 0.25) is 0 Å². The quantitative estimate of drug-likeness (QED) is 0.761. The maximum absolute atomic E-state index is 12.1. The minimum absolute atomic E-state index is 0.0814. The summed E-state index contributed by atoms with van der Waals surface area (Å²) in [5.41, 5.74) is 2.37. The highest BCUT2D eigenvalue weighted by Crippen LogP contribution is 2.25. The molecule has 0 aliphatic rings. The van der Waals surface area contributed by atoms with Gasteiger partial charge in [-0.25, -0.2) is 0 Å². The van der Waals surface area contributed by atoms with E-state index in [0.717, 1.165) is 5.56 Å².